The number of aromatic nitrogens is 2. The molecule has 5 nitrogen and oxygen atoms in total. The molecular weight excluding hydrogens is 214 g/mol. The molecule has 92 valence electrons. The van der Waals surface area contributed by atoms with Crippen LogP contribution >= 0.6 is 0 Å². The van der Waals surface area contributed by atoms with E-state index in [0.29, 0.717) is 18.9 Å². The molecule has 1 heterocycles. The molecule has 0 aliphatic carbocycles. The van der Waals surface area contributed by atoms with E-state index in [0.717, 1.165) is 24.5 Å². The number of hydrogen-bond donors (Lipinski definition) is 1. The van der Waals surface area contributed by atoms with E-state index in [1.807, 2.05) is 20.0 Å². The van der Waals surface area contributed by atoms with Crippen molar-refractivity contribution in [2.45, 2.75) is 27.2 Å². The maximum absolute atomic E-state index is 8.64. The zero-order chi connectivity index (χ0) is 12.7. The van der Waals surface area contributed by atoms with Crippen molar-refractivity contribution in [2.24, 2.45) is 0 Å². The minimum atomic E-state index is 0.508. The lowest BCUT2D eigenvalue weighted by Crippen LogP contribution is -2.26. The molecule has 0 unspecified atom stereocenters. The van der Waals surface area contributed by atoms with Crippen molar-refractivity contribution < 1.29 is 0 Å². The third-order valence-electron chi connectivity index (χ3n) is 2.45. The summed E-state index contributed by atoms with van der Waals surface area (Å²) in [6, 6.07) is 2.16. The van der Waals surface area contributed by atoms with Gasteiger partial charge in [-0.3, -0.25) is 0 Å². The third-order valence-corrected chi connectivity index (χ3v) is 2.45. The molecule has 1 rings (SSSR count). The molecule has 0 saturated heterocycles. The number of nitriles is 1. The smallest absolute Gasteiger partial charge is 0.224 e. The highest BCUT2D eigenvalue weighted by Crippen LogP contribution is 2.17. The van der Waals surface area contributed by atoms with Crippen molar-refractivity contribution in [3.8, 4) is 6.07 Å². The quantitative estimate of drug-likeness (QED) is 0.813. The number of nitrogens with one attached hydrogen (secondary N) is 1. The maximum atomic E-state index is 8.64. The Bertz CT molecular complexity index is 396. The molecule has 1 N–H and O–H groups in total. The zero-order valence-corrected chi connectivity index (χ0v) is 10.7. The van der Waals surface area contributed by atoms with Gasteiger partial charge < -0.3 is 10.2 Å². The second-order valence-corrected chi connectivity index (χ2v) is 3.72. The summed E-state index contributed by atoms with van der Waals surface area (Å²) in [6.07, 6.45) is 2.32. The van der Waals surface area contributed by atoms with E-state index in [4.69, 9.17) is 5.26 Å². The van der Waals surface area contributed by atoms with Crippen molar-refractivity contribution in [1.82, 2.24) is 9.97 Å². The summed E-state index contributed by atoms with van der Waals surface area (Å²) in [5, 5.41) is 11.7. The highest BCUT2D eigenvalue weighted by molar-refractivity contribution is 5.48. The van der Waals surface area contributed by atoms with E-state index in [1.54, 1.807) is 0 Å². The number of anilines is 2. The fourth-order valence-corrected chi connectivity index (χ4v) is 1.60. The predicted molar refractivity (Wildman–Crippen MR) is 69.0 cm³/mol. The molecule has 0 radical (unpaired) electrons. The van der Waals surface area contributed by atoms with Gasteiger partial charge in [0, 0.05) is 31.4 Å². The number of hydrogen-bond acceptors (Lipinski definition) is 5. The maximum Gasteiger partial charge on any atom is 0.224 e. The Labute approximate surface area is 102 Å². The van der Waals surface area contributed by atoms with Crippen LogP contribution in [-0.2, 0) is 0 Å². The molecule has 0 bridgehead atoms. The van der Waals surface area contributed by atoms with Crippen LogP contribution in [-0.4, -0.2) is 29.6 Å². The van der Waals surface area contributed by atoms with Gasteiger partial charge in [-0.2, -0.15) is 10.2 Å². The molecule has 0 amide bonds. The van der Waals surface area contributed by atoms with Crippen LogP contribution in [0.1, 0.15) is 25.8 Å². The number of rotatable bonds is 6. The van der Waals surface area contributed by atoms with Crippen LogP contribution in [0, 0.1) is 18.3 Å². The lowest BCUT2D eigenvalue weighted by atomic mass is 10.3. The summed E-state index contributed by atoms with van der Waals surface area (Å²) in [5.41, 5.74) is 1.03. The third kappa shape index (κ3) is 3.59. The number of aryl methyl sites for hydroxylation is 1. The van der Waals surface area contributed by atoms with Gasteiger partial charge in [-0.05, 0) is 20.8 Å². The molecule has 0 atom stereocenters. The van der Waals surface area contributed by atoms with Gasteiger partial charge in [0.2, 0.25) is 5.95 Å². The highest BCUT2D eigenvalue weighted by atomic mass is 15.2. The summed E-state index contributed by atoms with van der Waals surface area (Å²) in [4.78, 5) is 10.8. The summed E-state index contributed by atoms with van der Waals surface area (Å²) >= 11 is 0. The normalized spacial score (nSPS) is 9.76. The van der Waals surface area contributed by atoms with Crippen molar-refractivity contribution in [1.29, 1.82) is 5.26 Å². The minimum absolute atomic E-state index is 0.508. The lowest BCUT2D eigenvalue weighted by Gasteiger charge is -2.22. The van der Waals surface area contributed by atoms with Gasteiger partial charge in [0.15, 0.2) is 0 Å². The predicted octanol–water partition coefficient (Wildman–Crippen LogP) is 1.96. The molecule has 0 spiro atoms. The monoisotopic (exact) mass is 233 g/mol. The zero-order valence-electron chi connectivity index (χ0n) is 10.7. The van der Waals surface area contributed by atoms with E-state index >= 15 is 0 Å². The van der Waals surface area contributed by atoms with Gasteiger partial charge in [-0.1, -0.05) is 0 Å². The van der Waals surface area contributed by atoms with Gasteiger partial charge in [-0.15, -0.1) is 0 Å². The highest BCUT2D eigenvalue weighted by Gasteiger charge is 2.10. The van der Waals surface area contributed by atoms with Gasteiger partial charge in [-0.25, -0.2) is 4.98 Å². The Morgan fingerprint density at radius 3 is 2.82 bits per heavy atom. The van der Waals surface area contributed by atoms with Crippen LogP contribution in [0.3, 0.4) is 0 Å². The van der Waals surface area contributed by atoms with Crippen LogP contribution in [0.4, 0.5) is 11.8 Å². The summed E-state index contributed by atoms with van der Waals surface area (Å²) in [6.45, 7) is 8.40. The molecular formula is C12H19N5. The van der Waals surface area contributed by atoms with E-state index in [9.17, 15) is 0 Å². The molecule has 0 aromatic carbocycles. The standard InChI is InChI=1S/C12H19N5/c1-4-14-12-15-9-10(3)11(16-12)17(5-2)8-6-7-13/h9H,4-6,8H2,1-3H3,(H,14,15,16). The van der Waals surface area contributed by atoms with Gasteiger partial charge in [0.05, 0.1) is 12.5 Å². The summed E-state index contributed by atoms with van der Waals surface area (Å²) in [5.74, 6) is 1.55. The van der Waals surface area contributed by atoms with Crippen molar-refractivity contribution in [3.63, 3.8) is 0 Å². The van der Waals surface area contributed by atoms with Crippen LogP contribution in [0.25, 0.3) is 0 Å². The van der Waals surface area contributed by atoms with Crippen molar-refractivity contribution in [3.05, 3.63) is 11.8 Å². The van der Waals surface area contributed by atoms with Gasteiger partial charge in [0.1, 0.15) is 5.82 Å². The first kappa shape index (κ1) is 13.2. The molecule has 0 aliphatic rings. The minimum Gasteiger partial charge on any atom is -0.355 e. The lowest BCUT2D eigenvalue weighted by molar-refractivity contribution is 0.802. The van der Waals surface area contributed by atoms with Gasteiger partial charge >= 0.3 is 0 Å². The summed E-state index contributed by atoms with van der Waals surface area (Å²) in [7, 11) is 0. The Morgan fingerprint density at radius 1 is 1.47 bits per heavy atom. The second-order valence-electron chi connectivity index (χ2n) is 3.72. The molecule has 1 aromatic heterocycles. The first-order valence-electron chi connectivity index (χ1n) is 5.92. The van der Waals surface area contributed by atoms with Crippen molar-refractivity contribution >= 4 is 11.8 Å². The molecule has 0 aliphatic heterocycles. The van der Waals surface area contributed by atoms with E-state index in [1.165, 1.54) is 0 Å². The first-order valence-corrected chi connectivity index (χ1v) is 5.92. The largest absolute Gasteiger partial charge is 0.355 e. The second kappa shape index (κ2) is 6.69. The first-order chi connectivity index (χ1) is 8.22. The fourth-order valence-electron chi connectivity index (χ4n) is 1.60. The van der Waals surface area contributed by atoms with Crippen LogP contribution in [0.2, 0.25) is 0 Å². The average molecular weight is 233 g/mol. The van der Waals surface area contributed by atoms with E-state index in [-0.39, 0.29) is 0 Å². The van der Waals surface area contributed by atoms with E-state index in [2.05, 4.69) is 33.2 Å². The molecule has 1 aromatic rings. The Morgan fingerprint density at radius 2 is 2.24 bits per heavy atom. The van der Waals surface area contributed by atoms with E-state index < -0.39 is 0 Å². The Hall–Kier alpha value is -1.83. The topological polar surface area (TPSA) is 64.8 Å². The van der Waals surface area contributed by atoms with Crippen LogP contribution in [0.5, 0.6) is 0 Å². The number of nitrogens with zero attached hydrogens (tertiary/aromatic N) is 4. The molecule has 0 fully saturated rings. The van der Waals surface area contributed by atoms with Gasteiger partial charge in [0.25, 0.3) is 0 Å². The van der Waals surface area contributed by atoms with Crippen LogP contribution < -0.4 is 10.2 Å². The fraction of sp³-hybridized carbons (Fsp3) is 0.583. The van der Waals surface area contributed by atoms with Crippen molar-refractivity contribution in [2.75, 3.05) is 29.9 Å². The average Bonchev–Trinajstić information content (AvgIpc) is 2.34. The summed E-state index contributed by atoms with van der Waals surface area (Å²) < 4.78 is 0. The molecule has 17 heavy (non-hydrogen) atoms. The Kier molecular flexibility index (Phi) is 5.21. The molecule has 5 heteroatoms. The molecule has 0 saturated carbocycles. The SMILES string of the molecule is CCNc1ncc(C)c(N(CC)CCC#N)n1. The van der Waals surface area contributed by atoms with Crippen LogP contribution in [0.15, 0.2) is 6.20 Å². The Balaban J connectivity index is 2.92.